The quantitative estimate of drug-likeness (QED) is 0.438. The van der Waals surface area contributed by atoms with E-state index in [-0.39, 0.29) is 29.9 Å². The number of pyridine rings is 1. The number of anilines is 1. The Labute approximate surface area is 188 Å². The Morgan fingerprint density at radius 3 is 2.61 bits per heavy atom. The van der Waals surface area contributed by atoms with Gasteiger partial charge in [-0.05, 0) is 55.8 Å². The van der Waals surface area contributed by atoms with Crippen LogP contribution in [0.4, 0.5) is 10.1 Å². The topological polar surface area (TPSA) is 90.5 Å². The van der Waals surface area contributed by atoms with Crippen molar-refractivity contribution in [3.8, 4) is 0 Å². The Morgan fingerprint density at radius 2 is 1.88 bits per heavy atom. The summed E-state index contributed by atoms with van der Waals surface area (Å²) >= 11 is 0. The van der Waals surface area contributed by atoms with Crippen molar-refractivity contribution in [3.05, 3.63) is 99.4 Å². The van der Waals surface area contributed by atoms with Crippen molar-refractivity contribution in [2.75, 3.05) is 11.9 Å². The molecule has 168 valence electrons. The number of halogens is 1. The molecule has 1 N–H and O–H groups in total. The van der Waals surface area contributed by atoms with Crippen molar-refractivity contribution in [2.24, 2.45) is 0 Å². The Morgan fingerprint density at radius 1 is 1.12 bits per heavy atom. The lowest BCUT2D eigenvalue weighted by atomic mass is 10.1. The van der Waals surface area contributed by atoms with Crippen LogP contribution in [0.25, 0.3) is 11.0 Å². The van der Waals surface area contributed by atoms with Crippen molar-refractivity contribution >= 4 is 28.5 Å². The van der Waals surface area contributed by atoms with E-state index < -0.39 is 17.4 Å². The number of fused-ring (bicyclic) bond motifs is 1. The third kappa shape index (κ3) is 4.55. The number of nitrogens with zero attached hydrogens (tertiary/aromatic N) is 1. The van der Waals surface area contributed by atoms with Gasteiger partial charge in [0.05, 0.1) is 29.7 Å². The average molecular weight is 448 g/mol. The summed E-state index contributed by atoms with van der Waals surface area (Å²) in [5.41, 5.74) is 1.41. The molecule has 0 aliphatic carbocycles. The van der Waals surface area contributed by atoms with Crippen LogP contribution in [0.1, 0.15) is 39.0 Å². The number of rotatable bonds is 6. The highest BCUT2D eigenvalue weighted by molar-refractivity contribution is 6.13. The Bertz CT molecular complexity index is 1400. The van der Waals surface area contributed by atoms with Crippen molar-refractivity contribution in [2.45, 2.75) is 20.4 Å². The van der Waals surface area contributed by atoms with Crippen LogP contribution in [-0.4, -0.2) is 23.1 Å². The zero-order valence-electron chi connectivity index (χ0n) is 18.1. The lowest BCUT2D eigenvalue weighted by Gasteiger charge is -2.08. The van der Waals surface area contributed by atoms with Gasteiger partial charge in [0, 0.05) is 11.9 Å². The maximum atomic E-state index is 13.2. The van der Waals surface area contributed by atoms with Crippen LogP contribution in [0.15, 0.2) is 70.0 Å². The third-order valence-corrected chi connectivity index (χ3v) is 5.12. The van der Waals surface area contributed by atoms with E-state index in [0.717, 1.165) is 5.56 Å². The van der Waals surface area contributed by atoms with Gasteiger partial charge in [-0.25, -0.2) is 9.18 Å². The van der Waals surface area contributed by atoms with E-state index in [9.17, 15) is 18.8 Å². The first-order valence-electron chi connectivity index (χ1n) is 10.3. The first-order valence-corrected chi connectivity index (χ1v) is 10.3. The number of carbonyl (C=O) groups excluding carboxylic acids is 2. The van der Waals surface area contributed by atoms with Gasteiger partial charge >= 0.3 is 5.97 Å². The zero-order valence-corrected chi connectivity index (χ0v) is 18.1. The molecular formula is C25H21FN2O5. The molecule has 0 radical (unpaired) electrons. The van der Waals surface area contributed by atoms with Crippen LogP contribution in [0, 0.1) is 12.7 Å². The van der Waals surface area contributed by atoms with Crippen molar-refractivity contribution in [1.29, 1.82) is 0 Å². The van der Waals surface area contributed by atoms with Gasteiger partial charge < -0.3 is 19.0 Å². The molecule has 1 amide bonds. The number of furan rings is 1. The second kappa shape index (κ2) is 9.12. The summed E-state index contributed by atoms with van der Waals surface area (Å²) in [4.78, 5) is 38.3. The molecular weight excluding hydrogens is 427 g/mol. The molecule has 0 saturated carbocycles. The predicted octanol–water partition coefficient (Wildman–Crippen LogP) is 4.52. The summed E-state index contributed by atoms with van der Waals surface area (Å²) in [5, 5.41) is 2.87. The molecule has 2 heterocycles. The van der Waals surface area contributed by atoms with Gasteiger partial charge in [0.2, 0.25) is 0 Å². The Kier molecular flexibility index (Phi) is 6.08. The minimum Gasteiger partial charge on any atom is -0.462 e. The average Bonchev–Trinajstić information content (AvgIpc) is 3.14. The molecule has 2 aromatic heterocycles. The summed E-state index contributed by atoms with van der Waals surface area (Å²) in [6, 6.07) is 13.8. The normalized spacial score (nSPS) is 10.9. The molecule has 2 aromatic carbocycles. The highest BCUT2D eigenvalue weighted by Gasteiger charge is 2.22. The fourth-order valence-corrected chi connectivity index (χ4v) is 3.58. The second-order valence-corrected chi connectivity index (χ2v) is 7.40. The van der Waals surface area contributed by atoms with Crippen LogP contribution >= 0.6 is 0 Å². The van der Waals surface area contributed by atoms with Gasteiger partial charge in [-0.15, -0.1) is 0 Å². The van der Waals surface area contributed by atoms with Gasteiger partial charge in [0.1, 0.15) is 17.2 Å². The summed E-state index contributed by atoms with van der Waals surface area (Å²) in [6.07, 6.45) is 1.57. The molecule has 4 aromatic rings. The van der Waals surface area contributed by atoms with Crippen LogP contribution in [-0.2, 0) is 11.3 Å². The molecule has 7 nitrogen and oxygen atoms in total. The predicted molar refractivity (Wildman–Crippen MR) is 121 cm³/mol. The number of hydrogen-bond donors (Lipinski definition) is 1. The first-order chi connectivity index (χ1) is 15.9. The lowest BCUT2D eigenvalue weighted by molar-refractivity contribution is 0.0526. The number of esters is 1. The fourth-order valence-electron chi connectivity index (χ4n) is 3.58. The summed E-state index contributed by atoms with van der Waals surface area (Å²) in [7, 11) is 0. The summed E-state index contributed by atoms with van der Waals surface area (Å²) < 4.78 is 25.3. The van der Waals surface area contributed by atoms with E-state index in [1.165, 1.54) is 22.8 Å². The highest BCUT2D eigenvalue weighted by Crippen LogP contribution is 2.24. The lowest BCUT2D eigenvalue weighted by Crippen LogP contribution is -2.22. The largest absolute Gasteiger partial charge is 0.462 e. The van der Waals surface area contributed by atoms with E-state index in [4.69, 9.17) is 9.15 Å². The van der Waals surface area contributed by atoms with Crippen LogP contribution in [0.2, 0.25) is 0 Å². The number of aryl methyl sites for hydroxylation is 1. The number of benzene rings is 2. The number of nitrogens with one attached hydrogen (secondary N) is 1. The molecule has 0 aliphatic rings. The molecule has 0 atom stereocenters. The number of hydrogen-bond acceptors (Lipinski definition) is 5. The smallest absolute Gasteiger partial charge is 0.338 e. The maximum Gasteiger partial charge on any atom is 0.338 e. The molecule has 0 aliphatic heterocycles. The zero-order chi connectivity index (χ0) is 23.5. The van der Waals surface area contributed by atoms with Crippen molar-refractivity contribution in [1.82, 2.24) is 4.57 Å². The van der Waals surface area contributed by atoms with Gasteiger partial charge in [-0.1, -0.05) is 18.2 Å². The van der Waals surface area contributed by atoms with Gasteiger partial charge in [0.15, 0.2) is 0 Å². The molecule has 33 heavy (non-hydrogen) atoms. The monoisotopic (exact) mass is 448 g/mol. The number of aromatic nitrogens is 1. The van der Waals surface area contributed by atoms with E-state index in [2.05, 4.69) is 5.32 Å². The Hall–Kier alpha value is -4.20. The molecule has 0 spiro atoms. The van der Waals surface area contributed by atoms with Gasteiger partial charge in [-0.3, -0.25) is 9.59 Å². The fraction of sp³-hybridized carbons (Fsp3) is 0.160. The van der Waals surface area contributed by atoms with Crippen LogP contribution < -0.4 is 10.9 Å². The molecule has 8 heteroatoms. The number of amides is 1. The minimum atomic E-state index is -0.538. The van der Waals surface area contributed by atoms with Crippen LogP contribution in [0.3, 0.4) is 0 Å². The van der Waals surface area contributed by atoms with E-state index in [1.807, 2.05) is 0 Å². The van der Waals surface area contributed by atoms with Gasteiger partial charge in [-0.2, -0.15) is 0 Å². The summed E-state index contributed by atoms with van der Waals surface area (Å²) in [6.45, 7) is 3.76. The molecule has 4 rings (SSSR count). The van der Waals surface area contributed by atoms with Crippen molar-refractivity contribution < 1.29 is 23.1 Å². The Balaban J connectivity index is 1.67. The molecule has 0 bridgehead atoms. The maximum absolute atomic E-state index is 13.2. The second-order valence-electron chi connectivity index (χ2n) is 7.40. The molecule has 0 unspecified atom stereocenters. The molecule has 0 saturated heterocycles. The molecule has 0 fully saturated rings. The van der Waals surface area contributed by atoms with E-state index in [1.54, 1.807) is 56.4 Å². The van der Waals surface area contributed by atoms with Crippen LogP contribution in [0.5, 0.6) is 0 Å². The SMILES string of the molecule is CCOC(=O)c1cccc(NC(=O)c2c(C)oc3ccn(Cc4ccc(F)cc4)c(=O)c23)c1. The standard InChI is InChI=1S/C25H21FN2O5/c1-3-32-25(31)17-5-4-6-19(13-17)27-23(29)21-15(2)33-20-11-12-28(24(30)22(20)21)14-16-7-9-18(26)10-8-16/h4-13H,3,14H2,1-2H3,(H,27,29). The van der Waals surface area contributed by atoms with E-state index >= 15 is 0 Å². The number of ether oxygens (including phenoxy) is 1. The minimum absolute atomic E-state index is 0.116. The summed E-state index contributed by atoms with van der Waals surface area (Å²) in [5.74, 6) is -1.11. The first kappa shape index (κ1) is 22.0. The van der Waals surface area contributed by atoms with Gasteiger partial charge in [0.25, 0.3) is 11.5 Å². The van der Waals surface area contributed by atoms with E-state index in [0.29, 0.717) is 22.6 Å². The third-order valence-electron chi connectivity index (χ3n) is 5.12. The highest BCUT2D eigenvalue weighted by atomic mass is 19.1. The van der Waals surface area contributed by atoms with Crippen molar-refractivity contribution in [3.63, 3.8) is 0 Å². The number of carbonyl (C=O) groups is 2.